The number of aliphatic hydroxyl groups is 1. The van der Waals surface area contributed by atoms with E-state index in [1.54, 1.807) is 16.8 Å². The quantitative estimate of drug-likeness (QED) is 0.551. The van der Waals surface area contributed by atoms with Gasteiger partial charge < -0.3 is 10.4 Å². The van der Waals surface area contributed by atoms with Gasteiger partial charge in [0, 0.05) is 35.8 Å². The first kappa shape index (κ1) is 17.4. The van der Waals surface area contributed by atoms with Gasteiger partial charge in [0.2, 0.25) is 11.7 Å². The zero-order valence-corrected chi connectivity index (χ0v) is 16.1. The minimum absolute atomic E-state index is 0.280. The number of anilines is 1. The van der Waals surface area contributed by atoms with Gasteiger partial charge >= 0.3 is 0 Å². The van der Waals surface area contributed by atoms with Crippen LogP contribution in [0.3, 0.4) is 0 Å². The van der Waals surface area contributed by atoms with Crippen molar-refractivity contribution in [3.63, 3.8) is 0 Å². The van der Waals surface area contributed by atoms with E-state index < -0.39 is 5.60 Å². The number of fused-ring (bicyclic) bond motifs is 2. The third-order valence-corrected chi connectivity index (χ3v) is 5.72. The Morgan fingerprint density at radius 2 is 1.96 bits per heavy atom. The van der Waals surface area contributed by atoms with Gasteiger partial charge in [-0.25, -0.2) is 19.5 Å². The van der Waals surface area contributed by atoms with E-state index in [1.807, 2.05) is 36.1 Å². The molecule has 4 aromatic heterocycles. The Morgan fingerprint density at radius 1 is 1.18 bits per heavy atom. The summed E-state index contributed by atoms with van der Waals surface area (Å²) in [4.78, 5) is 13.0. The molecule has 28 heavy (non-hydrogen) atoms. The van der Waals surface area contributed by atoms with Crippen molar-refractivity contribution in [3.8, 4) is 11.1 Å². The summed E-state index contributed by atoms with van der Waals surface area (Å²) in [5.41, 5.74) is 2.22. The van der Waals surface area contributed by atoms with Crippen LogP contribution in [0.5, 0.6) is 0 Å². The van der Waals surface area contributed by atoms with Crippen LogP contribution >= 0.6 is 11.6 Å². The molecule has 0 saturated heterocycles. The first-order valence-corrected chi connectivity index (χ1v) is 9.69. The first-order chi connectivity index (χ1) is 13.5. The fraction of sp³-hybridized carbons (Fsp3) is 0.368. The van der Waals surface area contributed by atoms with E-state index in [0.29, 0.717) is 16.9 Å². The van der Waals surface area contributed by atoms with Crippen molar-refractivity contribution in [2.45, 2.75) is 44.2 Å². The highest BCUT2D eigenvalue weighted by Crippen LogP contribution is 2.29. The average molecular weight is 398 g/mol. The lowest BCUT2D eigenvalue weighted by Crippen LogP contribution is -2.36. The van der Waals surface area contributed by atoms with Crippen molar-refractivity contribution >= 4 is 28.8 Å². The van der Waals surface area contributed by atoms with Crippen LogP contribution in [0.1, 0.15) is 32.6 Å². The van der Waals surface area contributed by atoms with Crippen LogP contribution in [0.2, 0.25) is 5.15 Å². The Balaban J connectivity index is 1.42. The number of hydrogen-bond acceptors (Lipinski definition) is 6. The fourth-order valence-corrected chi connectivity index (χ4v) is 3.93. The number of halogens is 1. The fourth-order valence-electron chi connectivity index (χ4n) is 3.76. The van der Waals surface area contributed by atoms with E-state index in [-0.39, 0.29) is 6.04 Å². The predicted molar refractivity (Wildman–Crippen MR) is 106 cm³/mol. The summed E-state index contributed by atoms with van der Waals surface area (Å²) in [6.07, 6.45) is 12.4. The van der Waals surface area contributed by atoms with Crippen molar-refractivity contribution in [2.75, 3.05) is 5.32 Å². The van der Waals surface area contributed by atoms with E-state index in [0.717, 1.165) is 42.3 Å². The number of imidazole rings is 1. The second-order valence-electron chi connectivity index (χ2n) is 7.65. The summed E-state index contributed by atoms with van der Waals surface area (Å²) in [6, 6.07) is 2.27. The third kappa shape index (κ3) is 3.08. The second-order valence-corrected chi connectivity index (χ2v) is 8.04. The standard InChI is InChI=1S/C19H20ClN7O/c1-19(28)5-2-13(3-6-19)24-17-21-9-15-14(4-7-27(15)25-17)12-8-22-18-23-10-16(20)26(18)11-12/h4,7-11,13,28H,2-3,5-6H2,1H3,(H,24,25). The Morgan fingerprint density at radius 3 is 2.79 bits per heavy atom. The smallest absolute Gasteiger partial charge is 0.241 e. The highest BCUT2D eigenvalue weighted by molar-refractivity contribution is 6.29. The molecule has 144 valence electrons. The highest BCUT2D eigenvalue weighted by Gasteiger charge is 2.28. The molecule has 0 aliphatic heterocycles. The minimum Gasteiger partial charge on any atom is -0.390 e. The summed E-state index contributed by atoms with van der Waals surface area (Å²) in [6.45, 7) is 1.90. The molecule has 1 saturated carbocycles. The Labute approximate surface area is 166 Å². The molecule has 0 aromatic carbocycles. The van der Waals surface area contributed by atoms with Crippen molar-refractivity contribution in [1.82, 2.24) is 29.0 Å². The maximum absolute atomic E-state index is 10.1. The van der Waals surface area contributed by atoms with E-state index in [9.17, 15) is 5.11 Å². The molecule has 0 spiro atoms. The summed E-state index contributed by atoms with van der Waals surface area (Å²) in [5, 5.41) is 18.6. The molecule has 8 nitrogen and oxygen atoms in total. The Kier molecular flexibility index (Phi) is 3.99. The van der Waals surface area contributed by atoms with Gasteiger partial charge in [-0.15, -0.1) is 5.10 Å². The van der Waals surface area contributed by atoms with Crippen molar-refractivity contribution in [2.24, 2.45) is 0 Å². The summed E-state index contributed by atoms with van der Waals surface area (Å²) >= 11 is 6.16. The number of nitrogens with zero attached hydrogens (tertiary/aromatic N) is 6. The van der Waals surface area contributed by atoms with Gasteiger partial charge in [-0.1, -0.05) is 11.6 Å². The Hall–Kier alpha value is -2.71. The van der Waals surface area contributed by atoms with Crippen molar-refractivity contribution in [3.05, 3.63) is 42.2 Å². The zero-order chi connectivity index (χ0) is 19.3. The topological polar surface area (TPSA) is 92.6 Å². The molecular formula is C19H20ClN7O. The summed E-state index contributed by atoms with van der Waals surface area (Å²) in [7, 11) is 0. The molecule has 2 N–H and O–H groups in total. The largest absolute Gasteiger partial charge is 0.390 e. The molecule has 1 aliphatic carbocycles. The Bertz CT molecular complexity index is 1160. The van der Waals surface area contributed by atoms with Crippen LogP contribution in [0, 0.1) is 0 Å². The van der Waals surface area contributed by atoms with Gasteiger partial charge in [0.1, 0.15) is 5.15 Å². The van der Waals surface area contributed by atoms with E-state index in [1.165, 1.54) is 0 Å². The number of aromatic nitrogens is 6. The normalized spacial score (nSPS) is 22.8. The molecule has 1 aliphatic rings. The predicted octanol–water partition coefficient (Wildman–Crippen LogP) is 3.20. The summed E-state index contributed by atoms with van der Waals surface area (Å²) < 4.78 is 3.55. The van der Waals surface area contributed by atoms with Crippen LogP contribution in [0.25, 0.3) is 22.4 Å². The van der Waals surface area contributed by atoms with Gasteiger partial charge in [0.15, 0.2) is 0 Å². The SMILES string of the molecule is CC1(O)CCC(Nc2ncc3c(-c4cnc5ncc(Cl)n5c4)ccn3n2)CC1. The van der Waals surface area contributed by atoms with E-state index in [4.69, 9.17) is 11.6 Å². The molecule has 4 aromatic rings. The lowest BCUT2D eigenvalue weighted by molar-refractivity contribution is 0.0195. The molecule has 1 fully saturated rings. The lowest BCUT2D eigenvalue weighted by Gasteiger charge is -2.33. The second kappa shape index (κ2) is 6.42. The third-order valence-electron chi connectivity index (χ3n) is 5.44. The lowest BCUT2D eigenvalue weighted by atomic mass is 9.84. The molecule has 5 rings (SSSR count). The first-order valence-electron chi connectivity index (χ1n) is 9.31. The van der Waals surface area contributed by atoms with Gasteiger partial charge in [-0.05, 0) is 38.7 Å². The minimum atomic E-state index is -0.550. The van der Waals surface area contributed by atoms with Crippen LogP contribution in [-0.4, -0.2) is 45.7 Å². The molecular weight excluding hydrogens is 378 g/mol. The number of hydrogen-bond donors (Lipinski definition) is 2. The molecule has 0 amide bonds. The monoisotopic (exact) mass is 397 g/mol. The van der Waals surface area contributed by atoms with Crippen LogP contribution in [0.15, 0.2) is 37.1 Å². The van der Waals surface area contributed by atoms with Crippen molar-refractivity contribution < 1.29 is 5.11 Å². The molecule has 9 heteroatoms. The van der Waals surface area contributed by atoms with Gasteiger partial charge in [0.25, 0.3) is 0 Å². The van der Waals surface area contributed by atoms with Gasteiger partial charge in [0.05, 0.1) is 23.5 Å². The van der Waals surface area contributed by atoms with E-state index in [2.05, 4.69) is 25.4 Å². The van der Waals surface area contributed by atoms with Crippen LogP contribution in [0.4, 0.5) is 5.95 Å². The van der Waals surface area contributed by atoms with E-state index >= 15 is 0 Å². The summed E-state index contributed by atoms with van der Waals surface area (Å²) in [5.74, 6) is 1.15. The van der Waals surface area contributed by atoms with Crippen LogP contribution in [-0.2, 0) is 0 Å². The highest BCUT2D eigenvalue weighted by atomic mass is 35.5. The number of rotatable bonds is 3. The molecule has 0 atom stereocenters. The maximum Gasteiger partial charge on any atom is 0.241 e. The van der Waals surface area contributed by atoms with Crippen molar-refractivity contribution in [1.29, 1.82) is 0 Å². The molecule has 0 unspecified atom stereocenters. The van der Waals surface area contributed by atoms with Gasteiger partial charge in [-0.3, -0.25) is 4.40 Å². The molecule has 0 bridgehead atoms. The molecule has 4 heterocycles. The van der Waals surface area contributed by atoms with Gasteiger partial charge in [-0.2, -0.15) is 0 Å². The van der Waals surface area contributed by atoms with Crippen LogP contribution < -0.4 is 5.32 Å². The maximum atomic E-state index is 10.1. The number of nitrogens with one attached hydrogen (secondary N) is 1. The molecule has 0 radical (unpaired) electrons. The zero-order valence-electron chi connectivity index (χ0n) is 15.4. The average Bonchev–Trinajstić information content (AvgIpc) is 3.27.